The van der Waals surface area contributed by atoms with Gasteiger partial charge in [0.15, 0.2) is 5.72 Å². The maximum absolute atomic E-state index is 10.5. The first-order valence-corrected chi connectivity index (χ1v) is 5.91. The van der Waals surface area contributed by atoms with Crippen molar-refractivity contribution in [2.24, 2.45) is 0 Å². The van der Waals surface area contributed by atoms with E-state index >= 15 is 0 Å². The van der Waals surface area contributed by atoms with Crippen LogP contribution in [0.5, 0.6) is 0 Å². The number of aryl methyl sites for hydroxylation is 1. The quantitative estimate of drug-likeness (QED) is 0.573. The van der Waals surface area contributed by atoms with Gasteiger partial charge in [-0.3, -0.25) is 0 Å². The lowest BCUT2D eigenvalue weighted by molar-refractivity contribution is 0.0889. The molecule has 2 aromatic carbocycles. The molecule has 0 fully saturated rings. The van der Waals surface area contributed by atoms with E-state index in [0.29, 0.717) is 5.69 Å². The Hall–Kier alpha value is -2.00. The minimum Gasteiger partial charge on any atom is -0.397 e. The monoisotopic (exact) mass is 242 g/mol. The van der Waals surface area contributed by atoms with E-state index in [4.69, 9.17) is 5.73 Å². The third-order valence-electron chi connectivity index (χ3n) is 2.92. The average Bonchev–Trinajstić information content (AvgIpc) is 2.34. The highest BCUT2D eigenvalue weighted by Crippen LogP contribution is 2.27. The fourth-order valence-electron chi connectivity index (χ4n) is 1.89. The zero-order chi connectivity index (χ0) is 13.2. The van der Waals surface area contributed by atoms with Crippen LogP contribution in [-0.2, 0) is 5.72 Å². The maximum atomic E-state index is 10.5. The van der Waals surface area contributed by atoms with Crippen LogP contribution < -0.4 is 11.1 Å². The number of nitrogens with two attached hydrogens (primary N) is 1. The molecular weight excluding hydrogens is 224 g/mol. The van der Waals surface area contributed by atoms with Gasteiger partial charge in [-0.1, -0.05) is 36.4 Å². The summed E-state index contributed by atoms with van der Waals surface area (Å²) < 4.78 is 0. The SMILES string of the molecule is Cc1ccc(NC(C)(O)c2ccccc2)c(N)c1. The molecule has 0 saturated carbocycles. The number of nitrogens with one attached hydrogen (secondary N) is 1. The van der Waals surface area contributed by atoms with Crippen LogP contribution in [0.1, 0.15) is 18.1 Å². The predicted octanol–water partition coefficient (Wildman–Crippen LogP) is 2.85. The highest BCUT2D eigenvalue weighted by Gasteiger charge is 2.22. The molecule has 1 atom stereocenters. The Morgan fingerprint density at radius 2 is 1.78 bits per heavy atom. The molecule has 0 spiro atoms. The lowest BCUT2D eigenvalue weighted by atomic mass is 10.0. The molecule has 0 aliphatic carbocycles. The minimum atomic E-state index is -1.15. The van der Waals surface area contributed by atoms with Gasteiger partial charge < -0.3 is 16.2 Å². The Labute approximate surface area is 107 Å². The second kappa shape index (κ2) is 4.70. The summed E-state index contributed by atoms with van der Waals surface area (Å²) in [5.74, 6) is 0. The van der Waals surface area contributed by atoms with E-state index in [1.54, 1.807) is 6.92 Å². The number of hydrogen-bond donors (Lipinski definition) is 3. The fraction of sp³-hybridized carbons (Fsp3) is 0.200. The molecular formula is C15H18N2O. The van der Waals surface area contributed by atoms with Crippen LogP contribution in [0.25, 0.3) is 0 Å². The molecule has 1 unspecified atom stereocenters. The van der Waals surface area contributed by atoms with Gasteiger partial charge in [-0.05, 0) is 31.5 Å². The van der Waals surface area contributed by atoms with Gasteiger partial charge in [0.1, 0.15) is 0 Å². The van der Waals surface area contributed by atoms with Gasteiger partial charge in [0.25, 0.3) is 0 Å². The summed E-state index contributed by atoms with van der Waals surface area (Å²) in [6, 6.07) is 15.2. The first-order chi connectivity index (χ1) is 8.49. The zero-order valence-electron chi connectivity index (χ0n) is 10.6. The van der Waals surface area contributed by atoms with Gasteiger partial charge in [-0.2, -0.15) is 0 Å². The molecule has 94 valence electrons. The fourth-order valence-corrected chi connectivity index (χ4v) is 1.89. The summed E-state index contributed by atoms with van der Waals surface area (Å²) in [4.78, 5) is 0. The summed E-state index contributed by atoms with van der Waals surface area (Å²) in [6.45, 7) is 3.69. The van der Waals surface area contributed by atoms with Gasteiger partial charge in [0, 0.05) is 5.56 Å². The van der Waals surface area contributed by atoms with Crippen LogP contribution in [0.3, 0.4) is 0 Å². The van der Waals surface area contributed by atoms with Crippen molar-refractivity contribution in [2.75, 3.05) is 11.1 Å². The molecule has 18 heavy (non-hydrogen) atoms. The van der Waals surface area contributed by atoms with Gasteiger partial charge in [-0.15, -0.1) is 0 Å². The summed E-state index contributed by atoms with van der Waals surface area (Å²) in [7, 11) is 0. The molecule has 0 amide bonds. The van der Waals surface area contributed by atoms with E-state index in [1.165, 1.54) is 0 Å². The molecule has 2 rings (SSSR count). The van der Waals surface area contributed by atoms with Gasteiger partial charge >= 0.3 is 0 Å². The van der Waals surface area contributed by atoms with E-state index in [1.807, 2.05) is 55.5 Å². The number of aliphatic hydroxyl groups is 1. The lowest BCUT2D eigenvalue weighted by Crippen LogP contribution is -2.31. The molecule has 0 radical (unpaired) electrons. The van der Waals surface area contributed by atoms with E-state index in [-0.39, 0.29) is 0 Å². The molecule has 2 aromatic rings. The van der Waals surface area contributed by atoms with Crippen molar-refractivity contribution in [3.63, 3.8) is 0 Å². The number of rotatable bonds is 3. The van der Waals surface area contributed by atoms with E-state index in [2.05, 4.69) is 5.32 Å². The van der Waals surface area contributed by atoms with E-state index in [9.17, 15) is 5.11 Å². The summed E-state index contributed by atoms with van der Waals surface area (Å²) >= 11 is 0. The molecule has 0 bridgehead atoms. The van der Waals surface area contributed by atoms with Crippen molar-refractivity contribution < 1.29 is 5.11 Å². The predicted molar refractivity (Wildman–Crippen MR) is 75.2 cm³/mol. The Morgan fingerprint density at radius 3 is 2.39 bits per heavy atom. The third kappa shape index (κ3) is 2.63. The number of hydrogen-bond acceptors (Lipinski definition) is 3. The van der Waals surface area contributed by atoms with Gasteiger partial charge in [0.2, 0.25) is 0 Å². The Kier molecular flexibility index (Phi) is 3.26. The zero-order valence-corrected chi connectivity index (χ0v) is 10.6. The molecule has 0 heterocycles. The van der Waals surface area contributed by atoms with Crippen molar-refractivity contribution in [1.82, 2.24) is 0 Å². The molecule has 3 nitrogen and oxygen atoms in total. The first kappa shape index (κ1) is 12.5. The van der Waals surface area contributed by atoms with Crippen LogP contribution in [0.4, 0.5) is 11.4 Å². The van der Waals surface area contributed by atoms with Crippen molar-refractivity contribution in [3.8, 4) is 0 Å². The standard InChI is InChI=1S/C15H18N2O/c1-11-8-9-14(13(16)10-11)17-15(2,18)12-6-4-3-5-7-12/h3-10,17-18H,16H2,1-2H3. The topological polar surface area (TPSA) is 58.3 Å². The molecule has 3 heteroatoms. The highest BCUT2D eigenvalue weighted by atomic mass is 16.3. The third-order valence-corrected chi connectivity index (χ3v) is 2.92. The van der Waals surface area contributed by atoms with Crippen LogP contribution in [0.15, 0.2) is 48.5 Å². The maximum Gasteiger partial charge on any atom is 0.159 e. The molecule has 4 N–H and O–H groups in total. The van der Waals surface area contributed by atoms with Crippen molar-refractivity contribution in [3.05, 3.63) is 59.7 Å². The Morgan fingerprint density at radius 1 is 1.11 bits per heavy atom. The summed E-state index contributed by atoms with van der Waals surface area (Å²) in [5.41, 5.74) is 8.04. The smallest absolute Gasteiger partial charge is 0.159 e. The van der Waals surface area contributed by atoms with Gasteiger partial charge in [-0.25, -0.2) is 0 Å². The number of anilines is 2. The minimum absolute atomic E-state index is 0.631. The normalized spacial score (nSPS) is 13.9. The van der Waals surface area contributed by atoms with Crippen molar-refractivity contribution in [1.29, 1.82) is 0 Å². The van der Waals surface area contributed by atoms with Crippen LogP contribution >= 0.6 is 0 Å². The molecule has 0 aromatic heterocycles. The van der Waals surface area contributed by atoms with E-state index in [0.717, 1.165) is 16.8 Å². The molecule has 0 aliphatic heterocycles. The second-order valence-corrected chi connectivity index (χ2v) is 4.65. The molecule has 0 saturated heterocycles. The Bertz CT molecular complexity index is 535. The van der Waals surface area contributed by atoms with E-state index < -0.39 is 5.72 Å². The van der Waals surface area contributed by atoms with Crippen LogP contribution in [0.2, 0.25) is 0 Å². The van der Waals surface area contributed by atoms with Crippen molar-refractivity contribution in [2.45, 2.75) is 19.6 Å². The second-order valence-electron chi connectivity index (χ2n) is 4.65. The highest BCUT2D eigenvalue weighted by molar-refractivity contribution is 5.67. The van der Waals surface area contributed by atoms with Gasteiger partial charge in [0.05, 0.1) is 11.4 Å². The average molecular weight is 242 g/mol. The largest absolute Gasteiger partial charge is 0.397 e. The van der Waals surface area contributed by atoms with Crippen LogP contribution in [-0.4, -0.2) is 5.11 Å². The number of benzene rings is 2. The summed E-state index contributed by atoms with van der Waals surface area (Å²) in [6.07, 6.45) is 0. The van der Waals surface area contributed by atoms with Crippen LogP contribution in [0, 0.1) is 6.92 Å². The molecule has 0 aliphatic rings. The first-order valence-electron chi connectivity index (χ1n) is 5.91. The van der Waals surface area contributed by atoms with Crippen molar-refractivity contribution >= 4 is 11.4 Å². The Balaban J connectivity index is 2.28. The lowest BCUT2D eigenvalue weighted by Gasteiger charge is -2.27. The number of nitrogen functional groups attached to an aromatic ring is 1. The summed E-state index contributed by atoms with van der Waals surface area (Å²) in [5, 5.41) is 13.5.